The molecule has 5 rings (SSSR count). The maximum atomic E-state index is 13.1. The number of anilines is 1. The minimum atomic E-state index is -0.330. The SMILES string of the molecule is O=C(Nc1ccc(C(=O)N2CCC[C@H]2c2nc3ccccc3[nH]2)cc1)c1ccco1. The van der Waals surface area contributed by atoms with Gasteiger partial charge in [0.2, 0.25) is 0 Å². The van der Waals surface area contributed by atoms with Crippen LogP contribution >= 0.6 is 0 Å². The molecule has 1 fully saturated rings. The van der Waals surface area contributed by atoms with Crippen LogP contribution in [0.15, 0.2) is 71.3 Å². The van der Waals surface area contributed by atoms with Crippen molar-refractivity contribution in [3.05, 3.63) is 84.1 Å². The van der Waals surface area contributed by atoms with Crippen molar-refractivity contribution in [3.8, 4) is 0 Å². The van der Waals surface area contributed by atoms with E-state index in [4.69, 9.17) is 4.42 Å². The zero-order chi connectivity index (χ0) is 20.5. The molecule has 2 aromatic carbocycles. The summed E-state index contributed by atoms with van der Waals surface area (Å²) in [7, 11) is 0. The molecule has 1 aliphatic heterocycles. The van der Waals surface area contributed by atoms with Crippen LogP contribution in [-0.2, 0) is 0 Å². The number of furan rings is 1. The number of hydrogen-bond acceptors (Lipinski definition) is 4. The highest BCUT2D eigenvalue weighted by atomic mass is 16.3. The van der Waals surface area contributed by atoms with Gasteiger partial charge >= 0.3 is 0 Å². The average Bonchev–Trinajstić information content (AvgIpc) is 3.53. The highest BCUT2D eigenvalue weighted by Crippen LogP contribution is 2.32. The summed E-state index contributed by atoms with van der Waals surface area (Å²) in [5.41, 5.74) is 3.06. The van der Waals surface area contributed by atoms with Crippen LogP contribution in [0.4, 0.5) is 5.69 Å². The first-order valence-electron chi connectivity index (χ1n) is 9.89. The molecule has 7 heteroatoms. The van der Waals surface area contributed by atoms with Gasteiger partial charge in [0.15, 0.2) is 5.76 Å². The summed E-state index contributed by atoms with van der Waals surface area (Å²) in [6.45, 7) is 0.692. The van der Waals surface area contributed by atoms with Crippen molar-refractivity contribution in [1.29, 1.82) is 0 Å². The average molecular weight is 400 g/mol. The van der Waals surface area contributed by atoms with Crippen LogP contribution in [-0.4, -0.2) is 33.2 Å². The predicted molar refractivity (Wildman–Crippen MR) is 112 cm³/mol. The quantitative estimate of drug-likeness (QED) is 0.532. The van der Waals surface area contributed by atoms with Crippen molar-refractivity contribution >= 4 is 28.5 Å². The number of aromatic amines is 1. The number of nitrogens with one attached hydrogen (secondary N) is 2. The van der Waals surface area contributed by atoms with E-state index in [1.807, 2.05) is 29.2 Å². The van der Waals surface area contributed by atoms with E-state index >= 15 is 0 Å². The second-order valence-corrected chi connectivity index (χ2v) is 7.30. The van der Waals surface area contributed by atoms with Crippen LogP contribution in [0.1, 0.15) is 45.6 Å². The molecule has 0 bridgehead atoms. The zero-order valence-electron chi connectivity index (χ0n) is 16.2. The van der Waals surface area contributed by atoms with Gasteiger partial charge in [-0.05, 0) is 61.4 Å². The van der Waals surface area contributed by atoms with Crippen LogP contribution in [0.2, 0.25) is 0 Å². The number of hydrogen-bond donors (Lipinski definition) is 2. The van der Waals surface area contributed by atoms with Gasteiger partial charge < -0.3 is 19.6 Å². The van der Waals surface area contributed by atoms with Gasteiger partial charge in [0.1, 0.15) is 5.82 Å². The summed E-state index contributed by atoms with van der Waals surface area (Å²) in [5, 5.41) is 2.76. The Bertz CT molecular complexity index is 1160. The minimum Gasteiger partial charge on any atom is -0.459 e. The number of benzene rings is 2. The molecule has 150 valence electrons. The van der Waals surface area contributed by atoms with Crippen LogP contribution in [0, 0.1) is 0 Å². The van der Waals surface area contributed by atoms with Gasteiger partial charge in [0, 0.05) is 17.8 Å². The fourth-order valence-corrected chi connectivity index (χ4v) is 3.89. The van der Waals surface area contributed by atoms with Crippen molar-refractivity contribution in [3.63, 3.8) is 0 Å². The number of carbonyl (C=O) groups is 2. The fourth-order valence-electron chi connectivity index (χ4n) is 3.89. The van der Waals surface area contributed by atoms with E-state index in [-0.39, 0.29) is 23.6 Å². The lowest BCUT2D eigenvalue weighted by Crippen LogP contribution is -2.31. The number of para-hydroxylation sites is 2. The van der Waals surface area contributed by atoms with E-state index in [1.54, 1.807) is 36.4 Å². The molecular formula is C23H20N4O3. The van der Waals surface area contributed by atoms with E-state index in [1.165, 1.54) is 6.26 Å². The minimum absolute atomic E-state index is 0.0399. The first-order chi connectivity index (χ1) is 14.7. The number of carbonyl (C=O) groups excluding carboxylic acids is 2. The number of aromatic nitrogens is 2. The lowest BCUT2D eigenvalue weighted by atomic mass is 10.1. The third-order valence-corrected chi connectivity index (χ3v) is 5.37. The van der Waals surface area contributed by atoms with E-state index in [9.17, 15) is 9.59 Å². The van der Waals surface area contributed by atoms with Gasteiger partial charge in [-0.15, -0.1) is 0 Å². The molecule has 0 unspecified atom stereocenters. The van der Waals surface area contributed by atoms with E-state index in [2.05, 4.69) is 15.3 Å². The molecule has 0 spiro atoms. The van der Waals surface area contributed by atoms with Crippen molar-refractivity contribution in [2.24, 2.45) is 0 Å². The van der Waals surface area contributed by atoms with Crippen molar-refractivity contribution < 1.29 is 14.0 Å². The summed E-state index contributed by atoms with van der Waals surface area (Å²) in [6, 6.07) is 18.0. The van der Waals surface area contributed by atoms with E-state index in [0.29, 0.717) is 17.8 Å². The maximum Gasteiger partial charge on any atom is 0.291 e. The molecule has 2 amide bonds. The number of nitrogens with zero attached hydrogens (tertiary/aromatic N) is 2. The van der Waals surface area contributed by atoms with Gasteiger partial charge in [-0.1, -0.05) is 12.1 Å². The Kier molecular flexibility index (Phi) is 4.55. The van der Waals surface area contributed by atoms with Crippen molar-refractivity contribution in [1.82, 2.24) is 14.9 Å². The highest BCUT2D eigenvalue weighted by molar-refractivity contribution is 6.02. The molecule has 1 saturated heterocycles. The summed E-state index contributed by atoms with van der Waals surface area (Å²) >= 11 is 0. The van der Waals surface area contributed by atoms with Gasteiger partial charge in [0.25, 0.3) is 11.8 Å². The Balaban J connectivity index is 1.32. The Morgan fingerprint density at radius 3 is 2.67 bits per heavy atom. The molecule has 0 aliphatic carbocycles. The van der Waals surface area contributed by atoms with Gasteiger partial charge in [-0.2, -0.15) is 0 Å². The Labute approximate surface area is 172 Å². The summed E-state index contributed by atoms with van der Waals surface area (Å²) in [4.78, 5) is 35.1. The maximum absolute atomic E-state index is 13.1. The second kappa shape index (κ2) is 7.51. The molecule has 2 aromatic heterocycles. The van der Waals surface area contributed by atoms with Crippen LogP contribution < -0.4 is 5.32 Å². The number of imidazole rings is 1. The zero-order valence-corrected chi connectivity index (χ0v) is 16.2. The summed E-state index contributed by atoms with van der Waals surface area (Å²) in [5.74, 6) is 0.690. The molecule has 0 saturated carbocycles. The third kappa shape index (κ3) is 3.34. The number of fused-ring (bicyclic) bond motifs is 1. The lowest BCUT2D eigenvalue weighted by Gasteiger charge is -2.23. The van der Waals surface area contributed by atoms with E-state index < -0.39 is 0 Å². The molecule has 3 heterocycles. The monoisotopic (exact) mass is 400 g/mol. The largest absolute Gasteiger partial charge is 0.459 e. The Morgan fingerprint density at radius 2 is 1.90 bits per heavy atom. The van der Waals surface area contributed by atoms with Crippen LogP contribution in [0.5, 0.6) is 0 Å². The second-order valence-electron chi connectivity index (χ2n) is 7.30. The number of likely N-dealkylation sites (tertiary alicyclic amines) is 1. The van der Waals surface area contributed by atoms with Crippen LogP contribution in [0.25, 0.3) is 11.0 Å². The molecular weight excluding hydrogens is 380 g/mol. The Hall–Kier alpha value is -3.87. The number of amides is 2. The summed E-state index contributed by atoms with van der Waals surface area (Å²) in [6.07, 6.45) is 3.26. The molecule has 1 atom stereocenters. The number of rotatable bonds is 4. The van der Waals surface area contributed by atoms with Gasteiger partial charge in [-0.3, -0.25) is 9.59 Å². The van der Waals surface area contributed by atoms with Gasteiger partial charge in [-0.25, -0.2) is 4.98 Å². The molecule has 4 aromatic rings. The first kappa shape index (κ1) is 18.2. The molecule has 30 heavy (non-hydrogen) atoms. The predicted octanol–water partition coefficient (Wildman–Crippen LogP) is 4.39. The molecule has 1 aliphatic rings. The molecule has 0 radical (unpaired) electrons. The van der Waals surface area contributed by atoms with Crippen LogP contribution in [0.3, 0.4) is 0 Å². The smallest absolute Gasteiger partial charge is 0.291 e. The van der Waals surface area contributed by atoms with Crippen molar-refractivity contribution in [2.75, 3.05) is 11.9 Å². The fraction of sp³-hybridized carbons (Fsp3) is 0.174. The van der Waals surface area contributed by atoms with Gasteiger partial charge in [0.05, 0.1) is 23.3 Å². The summed E-state index contributed by atoms with van der Waals surface area (Å²) < 4.78 is 5.09. The standard InChI is InChI=1S/C23H20N4O3/c28-22(20-8-4-14-30-20)24-16-11-9-15(10-12-16)23(29)27-13-3-7-19(27)21-25-17-5-1-2-6-18(17)26-21/h1-2,4-6,8-12,14,19H,3,7,13H2,(H,24,28)(H,25,26)/t19-/m0/s1. The first-order valence-corrected chi connectivity index (χ1v) is 9.89. The lowest BCUT2D eigenvalue weighted by molar-refractivity contribution is 0.0730. The Morgan fingerprint density at radius 1 is 1.07 bits per heavy atom. The normalized spacial score (nSPS) is 16.1. The molecule has 2 N–H and O–H groups in total. The van der Waals surface area contributed by atoms with Crippen molar-refractivity contribution in [2.45, 2.75) is 18.9 Å². The number of H-pyrrole nitrogens is 1. The third-order valence-electron chi connectivity index (χ3n) is 5.37. The topological polar surface area (TPSA) is 91.2 Å². The highest BCUT2D eigenvalue weighted by Gasteiger charge is 2.32. The molecule has 7 nitrogen and oxygen atoms in total. The van der Waals surface area contributed by atoms with E-state index in [0.717, 1.165) is 29.7 Å².